The Morgan fingerprint density at radius 3 is 2.33 bits per heavy atom. The van der Waals surface area contributed by atoms with Crippen LogP contribution in [0.15, 0.2) is 24.3 Å². The number of hydrogen-bond acceptors (Lipinski definition) is 2. The molecule has 0 fully saturated rings. The van der Waals surface area contributed by atoms with Crippen LogP contribution in [0, 0.1) is 5.92 Å². The van der Waals surface area contributed by atoms with E-state index in [1.807, 2.05) is 0 Å². The molecule has 21 heavy (non-hydrogen) atoms. The van der Waals surface area contributed by atoms with Gasteiger partial charge in [-0.25, -0.2) is 0 Å². The lowest BCUT2D eigenvalue weighted by atomic mass is 9.99. The van der Waals surface area contributed by atoms with Crippen molar-refractivity contribution in [3.63, 3.8) is 0 Å². The zero-order valence-corrected chi connectivity index (χ0v) is 12.6. The molecule has 1 aromatic carbocycles. The predicted octanol–water partition coefficient (Wildman–Crippen LogP) is 2.77. The summed E-state index contributed by atoms with van der Waals surface area (Å²) in [5, 5.41) is 2.74. The lowest BCUT2D eigenvalue weighted by Crippen LogP contribution is -2.31. The first-order chi connectivity index (χ1) is 9.34. The van der Waals surface area contributed by atoms with Crippen molar-refractivity contribution in [3.05, 3.63) is 35.4 Å². The number of benzene rings is 1. The van der Waals surface area contributed by atoms with Gasteiger partial charge >= 0.3 is 6.18 Å². The molecule has 1 aromatic rings. The highest BCUT2D eigenvalue weighted by atomic mass is 35.5. The maximum atomic E-state index is 12.4. The minimum Gasteiger partial charge on any atom is -0.356 e. The molecule has 1 atom stereocenters. The van der Waals surface area contributed by atoms with Crippen molar-refractivity contribution in [1.82, 2.24) is 5.32 Å². The quantitative estimate of drug-likeness (QED) is 0.791. The van der Waals surface area contributed by atoms with Gasteiger partial charge < -0.3 is 11.1 Å². The third kappa shape index (κ3) is 6.82. The molecule has 0 aliphatic heterocycles. The second-order valence-electron chi connectivity index (χ2n) is 4.73. The number of nitrogens with one attached hydrogen (secondary N) is 1. The van der Waals surface area contributed by atoms with Crippen molar-refractivity contribution in [2.45, 2.75) is 25.9 Å². The van der Waals surface area contributed by atoms with E-state index >= 15 is 0 Å². The summed E-state index contributed by atoms with van der Waals surface area (Å²) >= 11 is 0. The number of halogens is 4. The van der Waals surface area contributed by atoms with Gasteiger partial charge in [0.25, 0.3) is 0 Å². The molecular weight excluding hydrogens is 305 g/mol. The van der Waals surface area contributed by atoms with E-state index in [0.717, 1.165) is 12.1 Å². The van der Waals surface area contributed by atoms with Crippen LogP contribution in [0.4, 0.5) is 13.2 Å². The van der Waals surface area contributed by atoms with Crippen LogP contribution in [-0.2, 0) is 17.4 Å². The molecule has 0 spiro atoms. The molecule has 0 saturated heterocycles. The lowest BCUT2D eigenvalue weighted by molar-refractivity contribution is -0.137. The number of nitrogens with two attached hydrogens (primary N) is 1. The molecule has 7 heteroatoms. The fraction of sp³-hybridized carbons (Fsp3) is 0.500. The Balaban J connectivity index is 0.00000400. The molecule has 0 saturated carbocycles. The minimum absolute atomic E-state index is 0. The molecule has 1 unspecified atom stereocenters. The summed E-state index contributed by atoms with van der Waals surface area (Å²) in [6, 6.07) is 4.89. The monoisotopic (exact) mass is 324 g/mol. The van der Waals surface area contributed by atoms with Gasteiger partial charge in [-0.05, 0) is 37.1 Å². The van der Waals surface area contributed by atoms with Gasteiger partial charge in [0.05, 0.1) is 5.56 Å². The van der Waals surface area contributed by atoms with Gasteiger partial charge in [-0.3, -0.25) is 4.79 Å². The zero-order valence-electron chi connectivity index (χ0n) is 11.7. The summed E-state index contributed by atoms with van der Waals surface area (Å²) in [6.07, 6.45) is -3.21. The topological polar surface area (TPSA) is 55.1 Å². The highest BCUT2D eigenvalue weighted by molar-refractivity contribution is 5.85. The van der Waals surface area contributed by atoms with Gasteiger partial charge in [-0.1, -0.05) is 19.1 Å². The average molecular weight is 325 g/mol. The van der Waals surface area contributed by atoms with Crippen molar-refractivity contribution < 1.29 is 18.0 Å². The third-order valence-corrected chi connectivity index (χ3v) is 2.95. The van der Waals surface area contributed by atoms with E-state index < -0.39 is 11.7 Å². The van der Waals surface area contributed by atoms with E-state index in [-0.39, 0.29) is 24.2 Å². The van der Waals surface area contributed by atoms with Crippen LogP contribution in [0.1, 0.15) is 24.5 Å². The first kappa shape index (κ1) is 19.7. The van der Waals surface area contributed by atoms with Crippen LogP contribution < -0.4 is 11.1 Å². The smallest absolute Gasteiger partial charge is 0.356 e. The van der Waals surface area contributed by atoms with Crippen molar-refractivity contribution in [1.29, 1.82) is 0 Å². The number of amides is 1. The van der Waals surface area contributed by atoms with E-state index in [1.54, 1.807) is 6.92 Å². The first-order valence-electron chi connectivity index (χ1n) is 6.48. The molecule has 3 N–H and O–H groups in total. The number of hydrogen-bond donors (Lipinski definition) is 2. The van der Waals surface area contributed by atoms with Crippen LogP contribution in [-0.4, -0.2) is 19.0 Å². The molecular formula is C14H20ClF3N2O. The lowest BCUT2D eigenvalue weighted by Gasteiger charge is -2.13. The van der Waals surface area contributed by atoms with Crippen molar-refractivity contribution in [2.75, 3.05) is 13.1 Å². The van der Waals surface area contributed by atoms with E-state index in [0.29, 0.717) is 31.5 Å². The number of alkyl halides is 3. The Hall–Kier alpha value is -1.27. The molecule has 120 valence electrons. The van der Waals surface area contributed by atoms with E-state index in [1.165, 1.54) is 12.1 Å². The Kier molecular flexibility index (Phi) is 8.36. The normalized spacial score (nSPS) is 12.4. The largest absolute Gasteiger partial charge is 0.416 e. The molecule has 0 radical (unpaired) electrons. The SMILES string of the molecule is CC(Cc1ccc(C(F)(F)F)cc1)C(=O)NCCCN.Cl. The number of carbonyl (C=O) groups excluding carboxylic acids is 1. The van der Waals surface area contributed by atoms with Gasteiger partial charge in [0, 0.05) is 12.5 Å². The maximum absolute atomic E-state index is 12.4. The molecule has 0 bridgehead atoms. The number of carbonyl (C=O) groups is 1. The standard InChI is InChI=1S/C14H19F3N2O.ClH/c1-10(13(20)19-8-2-7-18)9-11-3-5-12(6-4-11)14(15,16)17;/h3-6,10H,2,7-9,18H2,1H3,(H,19,20);1H. The zero-order chi connectivity index (χ0) is 15.2. The Labute approximate surface area is 128 Å². The summed E-state index contributed by atoms with van der Waals surface area (Å²) in [4.78, 5) is 11.7. The van der Waals surface area contributed by atoms with Gasteiger partial charge in [-0.2, -0.15) is 13.2 Å². The molecule has 1 amide bonds. The first-order valence-corrected chi connectivity index (χ1v) is 6.48. The third-order valence-electron chi connectivity index (χ3n) is 2.95. The highest BCUT2D eigenvalue weighted by Crippen LogP contribution is 2.29. The average Bonchev–Trinajstić information content (AvgIpc) is 2.38. The van der Waals surface area contributed by atoms with E-state index in [4.69, 9.17) is 5.73 Å². The summed E-state index contributed by atoms with van der Waals surface area (Å²) < 4.78 is 37.2. The van der Waals surface area contributed by atoms with Crippen LogP contribution in [0.3, 0.4) is 0 Å². The Morgan fingerprint density at radius 1 is 1.29 bits per heavy atom. The molecule has 3 nitrogen and oxygen atoms in total. The minimum atomic E-state index is -4.33. The van der Waals surface area contributed by atoms with Crippen LogP contribution in [0.25, 0.3) is 0 Å². The summed E-state index contributed by atoms with van der Waals surface area (Å²) in [6.45, 7) is 2.77. The molecule has 0 aliphatic carbocycles. The van der Waals surface area contributed by atoms with E-state index in [9.17, 15) is 18.0 Å². The molecule has 1 rings (SSSR count). The highest BCUT2D eigenvalue weighted by Gasteiger charge is 2.30. The maximum Gasteiger partial charge on any atom is 0.416 e. The number of rotatable bonds is 6. The second kappa shape index (κ2) is 8.89. The van der Waals surface area contributed by atoms with Crippen LogP contribution in [0.5, 0.6) is 0 Å². The molecule has 0 aliphatic rings. The van der Waals surface area contributed by atoms with Gasteiger partial charge in [0.2, 0.25) is 5.91 Å². The van der Waals surface area contributed by atoms with Gasteiger partial charge in [0.1, 0.15) is 0 Å². The van der Waals surface area contributed by atoms with Gasteiger partial charge in [0.15, 0.2) is 0 Å². The van der Waals surface area contributed by atoms with Crippen molar-refractivity contribution >= 4 is 18.3 Å². The van der Waals surface area contributed by atoms with Crippen molar-refractivity contribution in [3.8, 4) is 0 Å². The Morgan fingerprint density at radius 2 is 1.86 bits per heavy atom. The second-order valence-corrected chi connectivity index (χ2v) is 4.73. The van der Waals surface area contributed by atoms with E-state index in [2.05, 4.69) is 5.32 Å². The van der Waals surface area contributed by atoms with Crippen LogP contribution in [0.2, 0.25) is 0 Å². The molecule has 0 heterocycles. The predicted molar refractivity (Wildman–Crippen MR) is 78.2 cm³/mol. The Bertz CT molecular complexity index is 435. The fourth-order valence-electron chi connectivity index (χ4n) is 1.76. The van der Waals surface area contributed by atoms with Crippen molar-refractivity contribution in [2.24, 2.45) is 11.7 Å². The fourth-order valence-corrected chi connectivity index (χ4v) is 1.76. The summed E-state index contributed by atoms with van der Waals surface area (Å²) in [5.41, 5.74) is 5.35. The molecule has 0 aromatic heterocycles. The summed E-state index contributed by atoms with van der Waals surface area (Å²) in [5.74, 6) is -0.400. The van der Waals surface area contributed by atoms with Gasteiger partial charge in [-0.15, -0.1) is 12.4 Å². The van der Waals surface area contributed by atoms with Crippen LogP contribution >= 0.6 is 12.4 Å². The summed E-state index contributed by atoms with van der Waals surface area (Å²) in [7, 11) is 0.